The third-order valence-electron chi connectivity index (χ3n) is 6.28. The zero-order valence-corrected chi connectivity index (χ0v) is 22.9. The van der Waals surface area contributed by atoms with Gasteiger partial charge in [0.2, 0.25) is 5.91 Å². The number of amides is 2. The summed E-state index contributed by atoms with van der Waals surface area (Å²) in [6.07, 6.45) is 0. The fourth-order valence-electron chi connectivity index (χ4n) is 4.15. The number of nitrogens with one attached hydrogen (secondary N) is 2. The van der Waals surface area contributed by atoms with E-state index in [4.69, 9.17) is 0 Å². The quantitative estimate of drug-likeness (QED) is 0.287. The molecule has 0 radical (unpaired) electrons. The zero-order chi connectivity index (χ0) is 28.0. The summed E-state index contributed by atoms with van der Waals surface area (Å²) in [6, 6.07) is 29.4. The average molecular weight is 542 g/mol. The molecular formula is C31H31N3O4S. The normalized spacial score (nSPS) is 11.9. The van der Waals surface area contributed by atoms with Gasteiger partial charge in [0.15, 0.2) is 0 Å². The molecule has 0 fully saturated rings. The molecule has 4 rings (SSSR count). The number of carbonyl (C=O) groups excluding carboxylic acids is 2. The van der Waals surface area contributed by atoms with E-state index in [1.165, 1.54) is 12.1 Å². The molecule has 4 aromatic carbocycles. The molecule has 0 saturated heterocycles. The topological polar surface area (TPSA) is 95.6 Å². The standard InChI is InChI=1S/C31H31N3O4S/c1-22-16-18-27(19-17-22)39(37,38)34(26-13-9-10-23(2)20-26)21-30(35)33-29-15-8-7-14-28(29)31(36)32-24(3)25-11-5-4-6-12-25/h4-20,24H,21H2,1-3H3,(H,32,36)(H,33,35)/t24-/m0/s1. The average Bonchev–Trinajstić information content (AvgIpc) is 2.92. The van der Waals surface area contributed by atoms with Crippen LogP contribution in [0.1, 0.15) is 40.0 Å². The lowest BCUT2D eigenvalue weighted by atomic mass is 10.1. The number of para-hydroxylation sites is 1. The van der Waals surface area contributed by atoms with E-state index in [0.29, 0.717) is 5.69 Å². The Labute approximate surface area is 229 Å². The van der Waals surface area contributed by atoms with Gasteiger partial charge in [0.05, 0.1) is 27.9 Å². The highest BCUT2D eigenvalue weighted by molar-refractivity contribution is 7.92. The van der Waals surface area contributed by atoms with E-state index in [2.05, 4.69) is 10.6 Å². The molecule has 200 valence electrons. The van der Waals surface area contributed by atoms with Gasteiger partial charge in [-0.15, -0.1) is 0 Å². The number of hydrogen-bond acceptors (Lipinski definition) is 4. The lowest BCUT2D eigenvalue weighted by Gasteiger charge is -2.25. The van der Waals surface area contributed by atoms with Gasteiger partial charge in [-0.1, -0.05) is 72.3 Å². The molecule has 0 unspecified atom stereocenters. The number of benzene rings is 4. The molecule has 39 heavy (non-hydrogen) atoms. The largest absolute Gasteiger partial charge is 0.345 e. The SMILES string of the molecule is Cc1ccc(S(=O)(=O)N(CC(=O)Nc2ccccc2C(=O)N[C@@H](C)c2ccccc2)c2cccc(C)c2)cc1. The summed E-state index contributed by atoms with van der Waals surface area (Å²) in [5.41, 5.74) is 3.65. The predicted octanol–water partition coefficient (Wildman–Crippen LogP) is 5.63. The van der Waals surface area contributed by atoms with Gasteiger partial charge in [-0.3, -0.25) is 13.9 Å². The summed E-state index contributed by atoms with van der Waals surface area (Å²) in [6.45, 7) is 5.13. The number of hydrogen-bond donors (Lipinski definition) is 2. The highest BCUT2D eigenvalue weighted by Crippen LogP contribution is 2.25. The van der Waals surface area contributed by atoms with Crippen molar-refractivity contribution in [1.29, 1.82) is 0 Å². The Kier molecular flexibility index (Phi) is 8.46. The van der Waals surface area contributed by atoms with Gasteiger partial charge in [0, 0.05) is 0 Å². The zero-order valence-electron chi connectivity index (χ0n) is 22.1. The summed E-state index contributed by atoms with van der Waals surface area (Å²) in [5, 5.41) is 5.70. The molecule has 0 bridgehead atoms. The number of rotatable bonds is 9. The first kappa shape index (κ1) is 27.6. The van der Waals surface area contributed by atoms with Crippen LogP contribution in [0.2, 0.25) is 0 Å². The Bertz CT molecular complexity index is 1570. The van der Waals surface area contributed by atoms with Gasteiger partial charge in [-0.05, 0) is 68.3 Å². The van der Waals surface area contributed by atoms with E-state index in [-0.39, 0.29) is 28.1 Å². The van der Waals surface area contributed by atoms with Crippen molar-refractivity contribution in [3.8, 4) is 0 Å². The van der Waals surface area contributed by atoms with Crippen molar-refractivity contribution in [3.05, 3.63) is 125 Å². The minimum atomic E-state index is -4.05. The molecule has 2 N–H and O–H groups in total. The highest BCUT2D eigenvalue weighted by Gasteiger charge is 2.28. The third kappa shape index (κ3) is 6.72. The maximum atomic E-state index is 13.7. The van der Waals surface area contributed by atoms with Crippen LogP contribution in [0.25, 0.3) is 0 Å². The predicted molar refractivity (Wildman–Crippen MR) is 154 cm³/mol. The lowest BCUT2D eigenvalue weighted by molar-refractivity contribution is -0.114. The molecule has 1 atom stereocenters. The van der Waals surface area contributed by atoms with Crippen molar-refractivity contribution in [2.75, 3.05) is 16.2 Å². The molecule has 0 saturated carbocycles. The fraction of sp³-hybridized carbons (Fsp3) is 0.161. The summed E-state index contributed by atoms with van der Waals surface area (Å²) in [7, 11) is -4.05. The van der Waals surface area contributed by atoms with Crippen molar-refractivity contribution < 1.29 is 18.0 Å². The van der Waals surface area contributed by atoms with Crippen LogP contribution in [0.4, 0.5) is 11.4 Å². The molecular weight excluding hydrogens is 510 g/mol. The Morgan fingerprint density at radius 3 is 2.15 bits per heavy atom. The molecule has 0 aliphatic rings. The number of sulfonamides is 1. The fourth-order valence-corrected chi connectivity index (χ4v) is 5.56. The Morgan fingerprint density at radius 1 is 0.795 bits per heavy atom. The Hall–Kier alpha value is -4.43. The number of anilines is 2. The van der Waals surface area contributed by atoms with Gasteiger partial charge in [0.25, 0.3) is 15.9 Å². The van der Waals surface area contributed by atoms with Gasteiger partial charge >= 0.3 is 0 Å². The maximum Gasteiger partial charge on any atom is 0.264 e. The number of carbonyl (C=O) groups is 2. The van der Waals surface area contributed by atoms with Crippen LogP contribution in [-0.2, 0) is 14.8 Å². The van der Waals surface area contributed by atoms with Crippen molar-refractivity contribution in [2.45, 2.75) is 31.7 Å². The second kappa shape index (κ2) is 12.0. The molecule has 0 heterocycles. The third-order valence-corrected chi connectivity index (χ3v) is 8.07. The second-order valence-corrected chi connectivity index (χ2v) is 11.2. The van der Waals surface area contributed by atoms with Crippen LogP contribution in [0.5, 0.6) is 0 Å². The van der Waals surface area contributed by atoms with E-state index >= 15 is 0 Å². The van der Waals surface area contributed by atoms with Gasteiger partial charge in [0.1, 0.15) is 6.54 Å². The van der Waals surface area contributed by atoms with E-state index in [1.54, 1.807) is 54.6 Å². The Balaban J connectivity index is 1.58. The number of nitrogens with zero attached hydrogens (tertiary/aromatic N) is 1. The first-order valence-electron chi connectivity index (χ1n) is 12.6. The summed E-state index contributed by atoms with van der Waals surface area (Å²) in [5.74, 6) is -0.936. The van der Waals surface area contributed by atoms with Gasteiger partial charge in [-0.25, -0.2) is 8.42 Å². The lowest BCUT2D eigenvalue weighted by Crippen LogP contribution is -2.38. The van der Waals surface area contributed by atoms with Crippen LogP contribution in [0, 0.1) is 13.8 Å². The summed E-state index contributed by atoms with van der Waals surface area (Å²) >= 11 is 0. The van der Waals surface area contributed by atoms with Crippen LogP contribution in [0.15, 0.2) is 108 Å². The maximum absolute atomic E-state index is 13.7. The molecule has 0 aliphatic carbocycles. The smallest absolute Gasteiger partial charge is 0.264 e. The van der Waals surface area contributed by atoms with Crippen LogP contribution >= 0.6 is 0 Å². The van der Waals surface area contributed by atoms with E-state index < -0.39 is 22.5 Å². The molecule has 8 heteroatoms. The Morgan fingerprint density at radius 2 is 1.46 bits per heavy atom. The summed E-state index contributed by atoms with van der Waals surface area (Å²) < 4.78 is 28.4. The van der Waals surface area contributed by atoms with Crippen LogP contribution in [-0.4, -0.2) is 26.8 Å². The molecule has 7 nitrogen and oxygen atoms in total. The van der Waals surface area contributed by atoms with E-state index in [1.807, 2.05) is 57.2 Å². The van der Waals surface area contributed by atoms with Crippen molar-refractivity contribution >= 4 is 33.2 Å². The highest BCUT2D eigenvalue weighted by atomic mass is 32.2. The minimum Gasteiger partial charge on any atom is -0.345 e. The number of aryl methyl sites for hydroxylation is 2. The van der Waals surface area contributed by atoms with Crippen molar-refractivity contribution in [3.63, 3.8) is 0 Å². The van der Waals surface area contributed by atoms with E-state index in [9.17, 15) is 18.0 Å². The molecule has 0 aliphatic heterocycles. The van der Waals surface area contributed by atoms with Gasteiger partial charge in [-0.2, -0.15) is 0 Å². The van der Waals surface area contributed by atoms with Crippen LogP contribution in [0.3, 0.4) is 0 Å². The first-order chi connectivity index (χ1) is 18.6. The van der Waals surface area contributed by atoms with Gasteiger partial charge < -0.3 is 10.6 Å². The second-order valence-electron chi connectivity index (χ2n) is 9.36. The molecule has 0 spiro atoms. The monoisotopic (exact) mass is 541 g/mol. The van der Waals surface area contributed by atoms with E-state index in [0.717, 1.165) is 21.0 Å². The summed E-state index contributed by atoms with van der Waals surface area (Å²) in [4.78, 5) is 26.5. The molecule has 4 aromatic rings. The van der Waals surface area contributed by atoms with Crippen LogP contribution < -0.4 is 14.9 Å². The molecule has 0 aromatic heterocycles. The van der Waals surface area contributed by atoms with Crippen molar-refractivity contribution in [1.82, 2.24) is 5.32 Å². The molecule has 2 amide bonds. The first-order valence-corrected chi connectivity index (χ1v) is 14.0. The van der Waals surface area contributed by atoms with Crippen molar-refractivity contribution in [2.24, 2.45) is 0 Å². The minimum absolute atomic E-state index is 0.0806.